The highest BCUT2D eigenvalue weighted by atomic mass is 32.2. The average Bonchev–Trinajstić information content (AvgIpc) is 3.25. The number of hydrogen-bond acceptors (Lipinski definition) is 4. The van der Waals surface area contributed by atoms with Crippen LogP contribution in [-0.4, -0.2) is 31.7 Å². The lowest BCUT2D eigenvalue weighted by Crippen LogP contribution is -2.34. The molecule has 2 aliphatic rings. The number of nitriles is 1. The molecule has 0 saturated carbocycles. The van der Waals surface area contributed by atoms with Crippen molar-refractivity contribution in [3.05, 3.63) is 23.8 Å². The third-order valence-electron chi connectivity index (χ3n) is 5.51. The van der Waals surface area contributed by atoms with E-state index in [1.807, 2.05) is 0 Å². The van der Waals surface area contributed by atoms with Crippen molar-refractivity contribution in [2.24, 2.45) is 0 Å². The van der Waals surface area contributed by atoms with Gasteiger partial charge in [-0.25, -0.2) is 8.42 Å². The van der Waals surface area contributed by atoms with Crippen LogP contribution in [0.1, 0.15) is 57.4 Å². The molecule has 1 aromatic carbocycles. The zero-order chi connectivity index (χ0) is 18.8. The molecule has 3 rings (SSSR count). The first-order valence-electron chi connectivity index (χ1n) is 9.29. The zero-order valence-electron chi connectivity index (χ0n) is 15.1. The number of rotatable bonds is 7. The maximum Gasteiger partial charge on any atom is 0.243 e. The predicted molar refractivity (Wildman–Crippen MR) is 99.1 cm³/mol. The number of benzene rings is 1. The van der Waals surface area contributed by atoms with Crippen molar-refractivity contribution in [2.75, 3.05) is 18.4 Å². The maximum absolute atomic E-state index is 12.9. The van der Waals surface area contributed by atoms with Crippen LogP contribution in [-0.2, 0) is 20.2 Å². The second kappa shape index (κ2) is 7.37. The summed E-state index contributed by atoms with van der Waals surface area (Å²) in [5.74, 6) is -0.119. The van der Waals surface area contributed by atoms with E-state index in [1.165, 1.54) is 4.31 Å². The van der Waals surface area contributed by atoms with Crippen LogP contribution in [0.2, 0.25) is 0 Å². The van der Waals surface area contributed by atoms with Gasteiger partial charge < -0.3 is 5.32 Å². The zero-order valence-corrected chi connectivity index (χ0v) is 15.9. The van der Waals surface area contributed by atoms with Crippen LogP contribution in [0.4, 0.5) is 5.69 Å². The normalized spacial score (nSPS) is 22.8. The van der Waals surface area contributed by atoms with Gasteiger partial charge in [0, 0.05) is 25.2 Å². The molecule has 0 spiro atoms. The first-order chi connectivity index (χ1) is 12.5. The second-order valence-corrected chi connectivity index (χ2v) is 9.05. The van der Waals surface area contributed by atoms with Gasteiger partial charge in [0.2, 0.25) is 15.9 Å². The standard InChI is InChI=1S/C19H25N3O3S/c1-2-3-9-19(10-6-11-20)16-14-15(7-8-17(16)21-18(19)23)26(24,25)22-12-4-5-13-22/h7-8,14H,2-6,9-10,12-13H2,1H3,(H,21,23). The van der Waals surface area contributed by atoms with E-state index in [4.69, 9.17) is 5.26 Å². The number of hydrogen-bond donors (Lipinski definition) is 1. The van der Waals surface area contributed by atoms with Crippen LogP contribution in [0.3, 0.4) is 0 Å². The second-order valence-electron chi connectivity index (χ2n) is 7.12. The maximum atomic E-state index is 12.9. The van der Waals surface area contributed by atoms with Gasteiger partial charge >= 0.3 is 0 Å². The molecule has 0 aromatic heterocycles. The van der Waals surface area contributed by atoms with Crippen LogP contribution in [0.15, 0.2) is 23.1 Å². The lowest BCUT2D eigenvalue weighted by Gasteiger charge is -2.27. The number of nitrogens with zero attached hydrogens (tertiary/aromatic N) is 2. The van der Waals surface area contributed by atoms with Crippen molar-refractivity contribution in [1.82, 2.24) is 4.31 Å². The topological polar surface area (TPSA) is 90.3 Å². The van der Waals surface area contributed by atoms with Crippen molar-refractivity contribution in [2.45, 2.75) is 62.2 Å². The van der Waals surface area contributed by atoms with Gasteiger partial charge in [0.25, 0.3) is 0 Å². The molecule has 1 fully saturated rings. The third-order valence-corrected chi connectivity index (χ3v) is 7.41. The van der Waals surface area contributed by atoms with Crippen LogP contribution in [0.5, 0.6) is 0 Å². The Morgan fingerprint density at radius 1 is 1.27 bits per heavy atom. The molecule has 7 heteroatoms. The van der Waals surface area contributed by atoms with E-state index in [1.54, 1.807) is 18.2 Å². The Balaban J connectivity index is 2.05. The lowest BCUT2D eigenvalue weighted by atomic mass is 9.74. The summed E-state index contributed by atoms with van der Waals surface area (Å²) in [7, 11) is -3.54. The fraction of sp³-hybridized carbons (Fsp3) is 0.579. The lowest BCUT2D eigenvalue weighted by molar-refractivity contribution is -0.121. The smallest absolute Gasteiger partial charge is 0.243 e. The largest absolute Gasteiger partial charge is 0.325 e. The van der Waals surface area contributed by atoms with Crippen molar-refractivity contribution < 1.29 is 13.2 Å². The van der Waals surface area contributed by atoms with Crippen LogP contribution in [0.25, 0.3) is 0 Å². The highest BCUT2D eigenvalue weighted by Crippen LogP contribution is 2.45. The summed E-state index contributed by atoms with van der Waals surface area (Å²) in [6, 6.07) is 7.06. The fourth-order valence-corrected chi connectivity index (χ4v) is 5.54. The Morgan fingerprint density at radius 2 is 2.00 bits per heavy atom. The van der Waals surface area contributed by atoms with E-state index in [0.717, 1.165) is 31.2 Å². The molecule has 1 amide bonds. The van der Waals surface area contributed by atoms with E-state index < -0.39 is 15.4 Å². The van der Waals surface area contributed by atoms with E-state index in [2.05, 4.69) is 18.3 Å². The van der Waals surface area contributed by atoms with Gasteiger partial charge in [0.1, 0.15) is 0 Å². The van der Waals surface area contributed by atoms with E-state index in [9.17, 15) is 13.2 Å². The quantitative estimate of drug-likeness (QED) is 0.792. The minimum absolute atomic E-state index is 0.119. The molecule has 1 saturated heterocycles. The Kier molecular flexibility index (Phi) is 5.35. The first-order valence-corrected chi connectivity index (χ1v) is 10.7. The summed E-state index contributed by atoms with van der Waals surface area (Å²) in [6.07, 6.45) is 4.84. The molecule has 6 nitrogen and oxygen atoms in total. The molecule has 140 valence electrons. The number of anilines is 1. The Morgan fingerprint density at radius 3 is 2.65 bits per heavy atom. The number of nitrogens with one attached hydrogen (secondary N) is 1. The molecule has 1 aromatic rings. The molecule has 2 heterocycles. The van der Waals surface area contributed by atoms with E-state index in [0.29, 0.717) is 31.6 Å². The van der Waals surface area contributed by atoms with Crippen molar-refractivity contribution >= 4 is 21.6 Å². The third kappa shape index (κ3) is 3.12. The van der Waals surface area contributed by atoms with Gasteiger partial charge in [-0.2, -0.15) is 9.57 Å². The summed E-state index contributed by atoms with van der Waals surface area (Å²) in [6.45, 7) is 3.15. The number of carbonyl (C=O) groups is 1. The van der Waals surface area contributed by atoms with Gasteiger partial charge in [-0.05, 0) is 49.4 Å². The minimum Gasteiger partial charge on any atom is -0.325 e. The molecular weight excluding hydrogens is 350 g/mol. The van der Waals surface area contributed by atoms with Crippen LogP contribution < -0.4 is 5.32 Å². The predicted octanol–water partition coefficient (Wildman–Crippen LogP) is 3.15. The molecule has 26 heavy (non-hydrogen) atoms. The van der Waals surface area contributed by atoms with Gasteiger partial charge in [0.15, 0.2) is 0 Å². The number of carbonyl (C=O) groups excluding carboxylic acids is 1. The number of sulfonamides is 1. The SMILES string of the molecule is CCCCC1(CCC#N)C(=O)Nc2ccc(S(=O)(=O)N3CCCC3)cc21. The Labute approximate surface area is 155 Å². The van der Waals surface area contributed by atoms with Crippen molar-refractivity contribution in [3.63, 3.8) is 0 Å². The Hall–Kier alpha value is -1.91. The number of fused-ring (bicyclic) bond motifs is 1. The van der Waals surface area contributed by atoms with Gasteiger partial charge in [-0.15, -0.1) is 0 Å². The van der Waals surface area contributed by atoms with Crippen LogP contribution in [0, 0.1) is 11.3 Å². The van der Waals surface area contributed by atoms with Crippen molar-refractivity contribution in [3.8, 4) is 6.07 Å². The van der Waals surface area contributed by atoms with E-state index >= 15 is 0 Å². The molecule has 0 aliphatic carbocycles. The summed E-state index contributed by atoms with van der Waals surface area (Å²) < 4.78 is 27.4. The highest BCUT2D eigenvalue weighted by molar-refractivity contribution is 7.89. The number of unbranched alkanes of at least 4 members (excludes halogenated alkanes) is 1. The van der Waals surface area contributed by atoms with Crippen LogP contribution >= 0.6 is 0 Å². The highest BCUT2D eigenvalue weighted by Gasteiger charge is 2.46. The average molecular weight is 375 g/mol. The molecule has 1 atom stereocenters. The molecule has 1 unspecified atom stereocenters. The monoisotopic (exact) mass is 375 g/mol. The van der Waals surface area contributed by atoms with E-state index in [-0.39, 0.29) is 17.2 Å². The molecule has 0 bridgehead atoms. The first kappa shape index (κ1) is 18.9. The summed E-state index contributed by atoms with van der Waals surface area (Å²) >= 11 is 0. The Bertz CT molecular complexity index is 838. The summed E-state index contributed by atoms with van der Waals surface area (Å²) in [4.78, 5) is 13.0. The molecule has 2 aliphatic heterocycles. The summed E-state index contributed by atoms with van der Waals surface area (Å²) in [5, 5.41) is 11.9. The van der Waals surface area contributed by atoms with Gasteiger partial charge in [0.05, 0.1) is 16.4 Å². The van der Waals surface area contributed by atoms with Gasteiger partial charge in [-0.3, -0.25) is 4.79 Å². The van der Waals surface area contributed by atoms with Crippen molar-refractivity contribution in [1.29, 1.82) is 5.26 Å². The summed E-state index contributed by atoms with van der Waals surface area (Å²) in [5.41, 5.74) is 0.591. The molecule has 0 radical (unpaired) electrons. The molecular formula is C19H25N3O3S. The molecule has 1 N–H and O–H groups in total. The fourth-order valence-electron chi connectivity index (χ4n) is 4.00. The van der Waals surface area contributed by atoms with Gasteiger partial charge in [-0.1, -0.05) is 19.8 Å². The number of amides is 1. The minimum atomic E-state index is -3.54.